The standard InChI is InChI=1S/C25H32ClN7O5S/c1-14(2)38-25(37)33-9-7-16(29-22(35)19(34)11-28-21-5-4-15(26)10-27-21)18(12-33)30-23(36)24-31-17-6-8-32(3)13-20(17)39-24/h4-5,10,14,16,18H,6-9,11-13H2,1-3H3,(H,27,28)(H,29,35)(H,30,36)/t16-,18+/m0/s1. The van der Waals surface area contributed by atoms with E-state index in [4.69, 9.17) is 16.3 Å². The van der Waals surface area contributed by atoms with E-state index >= 15 is 0 Å². The molecule has 2 aromatic rings. The van der Waals surface area contributed by atoms with E-state index in [9.17, 15) is 19.2 Å². The van der Waals surface area contributed by atoms with Gasteiger partial charge >= 0.3 is 6.09 Å². The molecule has 12 nitrogen and oxygen atoms in total. The van der Waals surface area contributed by atoms with Gasteiger partial charge in [-0.05, 0) is 39.4 Å². The van der Waals surface area contributed by atoms with E-state index in [0.717, 1.165) is 30.1 Å². The summed E-state index contributed by atoms with van der Waals surface area (Å²) in [5.41, 5.74) is 0.923. The lowest BCUT2D eigenvalue weighted by Crippen LogP contribution is -2.62. The highest BCUT2D eigenvalue weighted by molar-refractivity contribution is 7.13. The number of piperidine rings is 1. The van der Waals surface area contributed by atoms with Gasteiger partial charge < -0.3 is 30.5 Å². The summed E-state index contributed by atoms with van der Waals surface area (Å²) < 4.78 is 5.32. The van der Waals surface area contributed by atoms with Crippen LogP contribution in [0.15, 0.2) is 18.3 Å². The number of fused-ring (bicyclic) bond motifs is 1. The van der Waals surface area contributed by atoms with Crippen LogP contribution in [0.5, 0.6) is 0 Å². The van der Waals surface area contributed by atoms with Crippen molar-refractivity contribution in [2.45, 2.75) is 51.4 Å². The molecule has 0 unspecified atom stereocenters. The van der Waals surface area contributed by atoms with Crippen molar-refractivity contribution in [1.29, 1.82) is 0 Å². The first kappa shape index (κ1) is 28.7. The Kier molecular flexibility index (Phi) is 9.36. The van der Waals surface area contributed by atoms with Gasteiger partial charge in [-0.1, -0.05) is 11.6 Å². The van der Waals surface area contributed by atoms with Gasteiger partial charge in [0.15, 0.2) is 5.01 Å². The maximum absolute atomic E-state index is 13.2. The molecule has 2 aromatic heterocycles. The Bertz CT molecular complexity index is 1220. The lowest BCUT2D eigenvalue weighted by atomic mass is 9.99. The summed E-state index contributed by atoms with van der Waals surface area (Å²) in [7, 11) is 2.02. The fourth-order valence-electron chi connectivity index (χ4n) is 4.34. The third kappa shape index (κ3) is 7.64. The zero-order valence-electron chi connectivity index (χ0n) is 22.0. The number of ketones is 1. The van der Waals surface area contributed by atoms with Gasteiger partial charge in [0.1, 0.15) is 5.82 Å². The predicted octanol–water partition coefficient (Wildman–Crippen LogP) is 1.69. The van der Waals surface area contributed by atoms with Crippen molar-refractivity contribution < 1.29 is 23.9 Å². The van der Waals surface area contributed by atoms with Gasteiger partial charge in [-0.25, -0.2) is 14.8 Å². The van der Waals surface area contributed by atoms with Crippen LogP contribution >= 0.6 is 22.9 Å². The third-order valence-electron chi connectivity index (χ3n) is 6.37. The molecular formula is C25H32ClN7O5S. The highest BCUT2D eigenvalue weighted by Crippen LogP contribution is 2.25. The molecule has 3 amide bonds. The lowest BCUT2D eigenvalue weighted by molar-refractivity contribution is -0.137. The molecule has 0 spiro atoms. The van der Waals surface area contributed by atoms with Gasteiger partial charge in [0.25, 0.3) is 11.8 Å². The van der Waals surface area contributed by atoms with Crippen molar-refractivity contribution in [3.8, 4) is 0 Å². The van der Waals surface area contributed by atoms with Crippen LogP contribution in [0.2, 0.25) is 5.02 Å². The molecular weight excluding hydrogens is 546 g/mol. The fourth-order valence-corrected chi connectivity index (χ4v) is 5.55. The van der Waals surface area contributed by atoms with Crippen LogP contribution in [-0.4, -0.2) is 94.9 Å². The molecule has 4 rings (SSSR count). The molecule has 0 radical (unpaired) electrons. The zero-order valence-corrected chi connectivity index (χ0v) is 23.6. The first-order valence-corrected chi connectivity index (χ1v) is 13.9. The number of rotatable bonds is 8. The minimum atomic E-state index is -0.799. The SMILES string of the molecule is CC(C)OC(=O)N1CC[C@H](NC(=O)C(=O)CNc2ccc(Cl)cn2)[C@H](NC(=O)c2nc3c(s2)CN(C)CC3)C1. The molecule has 1 saturated heterocycles. The molecule has 210 valence electrons. The first-order chi connectivity index (χ1) is 18.6. The second-order valence-corrected chi connectivity index (χ2v) is 11.4. The molecule has 0 saturated carbocycles. The number of carbonyl (C=O) groups excluding carboxylic acids is 4. The number of hydrogen-bond acceptors (Lipinski definition) is 10. The molecule has 14 heteroatoms. The van der Waals surface area contributed by atoms with E-state index in [-0.39, 0.29) is 25.1 Å². The summed E-state index contributed by atoms with van der Waals surface area (Å²) in [4.78, 5) is 64.3. The number of pyridine rings is 1. The highest BCUT2D eigenvalue weighted by atomic mass is 35.5. The minimum absolute atomic E-state index is 0.108. The second kappa shape index (κ2) is 12.7. The number of amides is 3. The highest BCUT2D eigenvalue weighted by Gasteiger charge is 2.36. The average molecular weight is 578 g/mol. The van der Waals surface area contributed by atoms with E-state index < -0.39 is 29.9 Å². The van der Waals surface area contributed by atoms with Gasteiger partial charge in [0.2, 0.25) is 5.78 Å². The molecule has 2 atom stereocenters. The molecule has 0 aromatic carbocycles. The maximum atomic E-state index is 13.2. The van der Waals surface area contributed by atoms with Crippen molar-refractivity contribution in [3.63, 3.8) is 0 Å². The molecule has 3 N–H and O–H groups in total. The number of likely N-dealkylation sites (N-methyl/N-ethyl adjacent to an activating group) is 1. The van der Waals surface area contributed by atoms with Crippen LogP contribution in [-0.2, 0) is 27.3 Å². The van der Waals surface area contributed by atoms with Crippen LogP contribution in [0.4, 0.5) is 10.6 Å². The fraction of sp³-hybridized carbons (Fsp3) is 0.520. The largest absolute Gasteiger partial charge is 0.447 e. The summed E-state index contributed by atoms with van der Waals surface area (Å²) in [6.45, 7) is 5.25. The number of halogens is 1. The van der Waals surface area contributed by atoms with Gasteiger partial charge in [-0.3, -0.25) is 14.4 Å². The van der Waals surface area contributed by atoms with Crippen LogP contribution in [0.25, 0.3) is 0 Å². The monoisotopic (exact) mass is 577 g/mol. The Hall–Kier alpha value is -3.29. The van der Waals surface area contributed by atoms with Crippen LogP contribution in [0, 0.1) is 0 Å². The van der Waals surface area contributed by atoms with Crippen molar-refractivity contribution >= 4 is 52.4 Å². The van der Waals surface area contributed by atoms with Crippen LogP contribution in [0.3, 0.4) is 0 Å². The summed E-state index contributed by atoms with van der Waals surface area (Å²) in [5.74, 6) is -1.48. The van der Waals surface area contributed by atoms with Gasteiger partial charge in [-0.15, -0.1) is 11.3 Å². The van der Waals surface area contributed by atoms with E-state index in [1.165, 1.54) is 22.4 Å². The molecule has 2 aliphatic rings. The van der Waals surface area contributed by atoms with Crippen molar-refractivity contribution in [2.24, 2.45) is 0 Å². The average Bonchev–Trinajstić information content (AvgIpc) is 3.32. The molecule has 4 heterocycles. The Morgan fingerprint density at radius 3 is 2.69 bits per heavy atom. The quantitative estimate of drug-likeness (QED) is 0.399. The van der Waals surface area contributed by atoms with Gasteiger partial charge in [0.05, 0.1) is 35.4 Å². The minimum Gasteiger partial charge on any atom is -0.447 e. The smallest absolute Gasteiger partial charge is 0.410 e. The summed E-state index contributed by atoms with van der Waals surface area (Å²) in [6.07, 6.45) is 1.72. The number of nitrogens with one attached hydrogen (secondary N) is 3. The molecule has 0 bridgehead atoms. The van der Waals surface area contributed by atoms with Gasteiger partial charge in [0, 0.05) is 43.7 Å². The van der Waals surface area contributed by atoms with E-state index in [2.05, 4.69) is 30.8 Å². The second-order valence-electron chi connectivity index (χ2n) is 9.84. The maximum Gasteiger partial charge on any atom is 0.410 e. The number of nitrogens with zero attached hydrogens (tertiary/aromatic N) is 4. The number of carbonyl (C=O) groups is 4. The van der Waals surface area contributed by atoms with Crippen molar-refractivity contribution in [3.05, 3.63) is 38.9 Å². The van der Waals surface area contributed by atoms with Crippen LogP contribution < -0.4 is 16.0 Å². The number of anilines is 1. The zero-order chi connectivity index (χ0) is 28.1. The first-order valence-electron chi connectivity index (χ1n) is 12.7. The number of Topliss-reactive ketones (excluding diaryl/α,β-unsaturated/α-hetero) is 1. The van der Waals surface area contributed by atoms with E-state index in [0.29, 0.717) is 28.8 Å². The van der Waals surface area contributed by atoms with E-state index in [1.54, 1.807) is 26.0 Å². The summed E-state index contributed by atoms with van der Waals surface area (Å²) in [5, 5.41) is 9.25. The van der Waals surface area contributed by atoms with E-state index in [1.807, 2.05) is 7.05 Å². The normalized spacial score (nSPS) is 19.3. The summed E-state index contributed by atoms with van der Waals surface area (Å²) in [6, 6.07) is 1.98. The summed E-state index contributed by atoms with van der Waals surface area (Å²) >= 11 is 7.16. The predicted molar refractivity (Wildman–Crippen MR) is 146 cm³/mol. The number of ether oxygens (including phenoxy) is 1. The number of likely N-dealkylation sites (tertiary alicyclic amines) is 1. The Balaban J connectivity index is 1.42. The molecule has 1 fully saturated rings. The van der Waals surface area contributed by atoms with Crippen molar-refractivity contribution in [2.75, 3.05) is 38.5 Å². The topological polar surface area (TPSA) is 146 Å². The Morgan fingerprint density at radius 1 is 1.18 bits per heavy atom. The number of hydrogen-bond donors (Lipinski definition) is 3. The van der Waals surface area contributed by atoms with Crippen molar-refractivity contribution in [1.82, 2.24) is 30.4 Å². The number of aromatic nitrogens is 2. The van der Waals surface area contributed by atoms with Gasteiger partial charge in [-0.2, -0.15) is 0 Å². The van der Waals surface area contributed by atoms with Crippen LogP contribution in [0.1, 0.15) is 40.6 Å². The third-order valence-corrected chi connectivity index (χ3v) is 7.67. The Morgan fingerprint density at radius 2 is 1.97 bits per heavy atom. The molecule has 0 aliphatic carbocycles. The molecule has 2 aliphatic heterocycles. The molecule has 39 heavy (non-hydrogen) atoms. The number of thiazole rings is 1. The Labute approximate surface area is 235 Å². The lowest BCUT2D eigenvalue weighted by Gasteiger charge is -2.38.